The molecule has 1 rings (SSSR count). The summed E-state index contributed by atoms with van der Waals surface area (Å²) >= 11 is 0. The van der Waals surface area contributed by atoms with Crippen LogP contribution in [0.2, 0.25) is 0 Å². The van der Waals surface area contributed by atoms with Gasteiger partial charge in [0.2, 0.25) is 0 Å². The predicted molar refractivity (Wildman–Crippen MR) is 36.1 cm³/mol. The summed E-state index contributed by atoms with van der Waals surface area (Å²) in [6, 6.07) is 0. The zero-order chi connectivity index (χ0) is 7.94. The molecule has 0 aromatic rings. The molecule has 58 valence electrons. The summed E-state index contributed by atoms with van der Waals surface area (Å²) in [6.07, 6.45) is -3.46. The highest BCUT2D eigenvalue weighted by atomic mass is 16.6. The standard InChI is InChI=1S/C5H11BO4/c1-5(6)3(8)2(7)4(9)10-5/h2-4,7-9H,6H2,1H3/t2-,3+,4?,5+/m0/s1. The summed E-state index contributed by atoms with van der Waals surface area (Å²) in [6.45, 7) is 1.61. The number of aliphatic hydroxyl groups is 3. The number of hydrogen-bond donors (Lipinski definition) is 3. The van der Waals surface area contributed by atoms with Crippen molar-refractivity contribution in [3.05, 3.63) is 0 Å². The number of hydrogen-bond acceptors (Lipinski definition) is 4. The van der Waals surface area contributed by atoms with Gasteiger partial charge in [0.1, 0.15) is 20.1 Å². The molecule has 0 aromatic carbocycles. The Kier molecular flexibility index (Phi) is 1.76. The fourth-order valence-electron chi connectivity index (χ4n) is 1.02. The molecule has 4 nitrogen and oxygen atoms in total. The molecule has 10 heavy (non-hydrogen) atoms. The van der Waals surface area contributed by atoms with Crippen molar-refractivity contribution in [2.24, 2.45) is 0 Å². The van der Waals surface area contributed by atoms with Crippen LogP contribution in [-0.4, -0.2) is 47.2 Å². The van der Waals surface area contributed by atoms with E-state index in [1.54, 1.807) is 14.8 Å². The average Bonchev–Trinajstić information content (AvgIpc) is 1.95. The molecule has 0 aromatic heterocycles. The van der Waals surface area contributed by atoms with Crippen LogP contribution in [0.15, 0.2) is 0 Å². The molecule has 1 aliphatic heterocycles. The van der Waals surface area contributed by atoms with Crippen LogP contribution < -0.4 is 0 Å². The Hall–Kier alpha value is -0.0951. The first-order valence-electron chi connectivity index (χ1n) is 3.17. The monoisotopic (exact) mass is 146 g/mol. The normalized spacial score (nSPS) is 55.4. The molecule has 0 spiro atoms. The third-order valence-electron chi connectivity index (χ3n) is 1.75. The lowest BCUT2D eigenvalue weighted by Gasteiger charge is -2.20. The lowest BCUT2D eigenvalue weighted by atomic mass is 9.78. The van der Waals surface area contributed by atoms with Gasteiger partial charge in [0, 0.05) is 0 Å². The lowest BCUT2D eigenvalue weighted by Crippen LogP contribution is -2.40. The Labute approximate surface area is 59.8 Å². The first kappa shape index (κ1) is 8.01. The minimum Gasteiger partial charge on any atom is -0.388 e. The third kappa shape index (κ3) is 1.05. The van der Waals surface area contributed by atoms with Crippen LogP contribution in [0.5, 0.6) is 0 Å². The molecule has 1 aliphatic rings. The minimum absolute atomic E-state index is 0.848. The van der Waals surface area contributed by atoms with Gasteiger partial charge in [0.25, 0.3) is 0 Å². The van der Waals surface area contributed by atoms with Crippen LogP contribution in [0.1, 0.15) is 6.92 Å². The molecule has 3 N–H and O–H groups in total. The van der Waals surface area contributed by atoms with E-state index in [0.717, 1.165) is 0 Å². The molecule has 0 saturated carbocycles. The fraction of sp³-hybridized carbons (Fsp3) is 1.00. The Bertz CT molecular complexity index is 138. The van der Waals surface area contributed by atoms with E-state index in [9.17, 15) is 0 Å². The zero-order valence-corrected chi connectivity index (χ0v) is 5.98. The van der Waals surface area contributed by atoms with Crippen LogP contribution in [0.4, 0.5) is 0 Å². The van der Waals surface area contributed by atoms with Crippen molar-refractivity contribution >= 4 is 7.85 Å². The first-order chi connectivity index (χ1) is 4.45. The quantitative estimate of drug-likeness (QED) is 0.328. The molecular weight excluding hydrogens is 135 g/mol. The largest absolute Gasteiger partial charge is 0.388 e. The van der Waals surface area contributed by atoms with Crippen LogP contribution in [0, 0.1) is 0 Å². The van der Waals surface area contributed by atoms with Gasteiger partial charge in [-0.2, -0.15) is 0 Å². The highest BCUT2D eigenvalue weighted by molar-refractivity contribution is 6.15. The summed E-state index contributed by atoms with van der Waals surface area (Å²) in [5.74, 6) is 0. The summed E-state index contributed by atoms with van der Waals surface area (Å²) in [5.41, 5.74) is -0.848. The topological polar surface area (TPSA) is 69.9 Å². The third-order valence-corrected chi connectivity index (χ3v) is 1.75. The van der Waals surface area contributed by atoms with Crippen molar-refractivity contribution in [3.8, 4) is 0 Å². The predicted octanol–water partition coefficient (Wildman–Crippen LogP) is -2.59. The highest BCUT2D eigenvalue weighted by Crippen LogP contribution is 2.26. The maximum atomic E-state index is 9.16. The summed E-state index contributed by atoms with van der Waals surface area (Å²) in [5, 5.41) is 27.0. The second-order valence-electron chi connectivity index (χ2n) is 3.05. The van der Waals surface area contributed by atoms with Gasteiger partial charge in [0.05, 0.1) is 5.50 Å². The van der Waals surface area contributed by atoms with Crippen LogP contribution in [-0.2, 0) is 4.74 Å². The van der Waals surface area contributed by atoms with Crippen LogP contribution in [0.3, 0.4) is 0 Å². The van der Waals surface area contributed by atoms with E-state index >= 15 is 0 Å². The van der Waals surface area contributed by atoms with E-state index in [-0.39, 0.29) is 0 Å². The van der Waals surface area contributed by atoms with E-state index in [1.807, 2.05) is 0 Å². The molecule has 0 amide bonds. The molecular formula is C5H11BO4. The number of ether oxygens (including phenoxy) is 1. The van der Waals surface area contributed by atoms with Crippen molar-refractivity contribution in [1.82, 2.24) is 0 Å². The zero-order valence-electron chi connectivity index (χ0n) is 5.98. The maximum absolute atomic E-state index is 9.16. The Morgan fingerprint density at radius 2 is 1.90 bits per heavy atom. The van der Waals surface area contributed by atoms with Gasteiger partial charge in [-0.25, -0.2) is 0 Å². The maximum Gasteiger partial charge on any atom is 0.183 e. The summed E-state index contributed by atoms with van der Waals surface area (Å²) < 4.78 is 4.83. The van der Waals surface area contributed by atoms with Crippen LogP contribution >= 0.6 is 0 Å². The highest BCUT2D eigenvalue weighted by Gasteiger charge is 2.46. The van der Waals surface area contributed by atoms with Gasteiger partial charge >= 0.3 is 0 Å². The van der Waals surface area contributed by atoms with Crippen molar-refractivity contribution in [1.29, 1.82) is 0 Å². The molecule has 0 radical (unpaired) electrons. The smallest absolute Gasteiger partial charge is 0.183 e. The van der Waals surface area contributed by atoms with E-state index in [2.05, 4.69) is 0 Å². The summed E-state index contributed by atoms with van der Waals surface area (Å²) in [4.78, 5) is 0. The Morgan fingerprint density at radius 3 is 2.00 bits per heavy atom. The molecule has 1 heterocycles. The van der Waals surface area contributed by atoms with Gasteiger partial charge < -0.3 is 20.1 Å². The molecule has 0 bridgehead atoms. The van der Waals surface area contributed by atoms with Gasteiger partial charge in [-0.3, -0.25) is 0 Å². The summed E-state index contributed by atoms with van der Waals surface area (Å²) in [7, 11) is 1.61. The number of aliphatic hydroxyl groups excluding tert-OH is 3. The van der Waals surface area contributed by atoms with Crippen molar-refractivity contribution in [3.63, 3.8) is 0 Å². The van der Waals surface area contributed by atoms with Gasteiger partial charge in [0.15, 0.2) is 6.29 Å². The molecule has 1 unspecified atom stereocenters. The van der Waals surface area contributed by atoms with Gasteiger partial charge in [-0.1, -0.05) is 0 Å². The molecule has 1 fully saturated rings. The Balaban J connectivity index is 2.71. The molecule has 4 atom stereocenters. The molecule has 5 heteroatoms. The van der Waals surface area contributed by atoms with E-state index in [4.69, 9.17) is 20.1 Å². The average molecular weight is 146 g/mol. The number of rotatable bonds is 0. The van der Waals surface area contributed by atoms with Crippen LogP contribution in [0.25, 0.3) is 0 Å². The second kappa shape index (κ2) is 2.20. The fourth-order valence-corrected chi connectivity index (χ4v) is 1.02. The first-order valence-corrected chi connectivity index (χ1v) is 3.17. The van der Waals surface area contributed by atoms with Crippen molar-refractivity contribution in [2.45, 2.75) is 30.9 Å². The van der Waals surface area contributed by atoms with Crippen molar-refractivity contribution < 1.29 is 20.1 Å². The van der Waals surface area contributed by atoms with E-state index in [1.165, 1.54) is 0 Å². The molecule has 1 saturated heterocycles. The molecule has 0 aliphatic carbocycles. The van der Waals surface area contributed by atoms with Crippen molar-refractivity contribution in [2.75, 3.05) is 0 Å². The van der Waals surface area contributed by atoms with Gasteiger partial charge in [-0.05, 0) is 6.92 Å². The SMILES string of the molecule is B[C@]1(C)OC(O)[C@@H](O)[C@H]1O. The van der Waals surface area contributed by atoms with Gasteiger partial charge in [-0.15, -0.1) is 0 Å². The second-order valence-corrected chi connectivity index (χ2v) is 3.05. The minimum atomic E-state index is -1.26. The Morgan fingerprint density at radius 1 is 1.40 bits per heavy atom. The van der Waals surface area contributed by atoms with E-state index < -0.39 is 24.0 Å². The van der Waals surface area contributed by atoms with E-state index in [0.29, 0.717) is 0 Å². The lowest BCUT2D eigenvalue weighted by molar-refractivity contribution is -0.133.